The van der Waals surface area contributed by atoms with Crippen molar-refractivity contribution >= 4 is 49.4 Å². The second kappa shape index (κ2) is 16.8. The van der Waals surface area contributed by atoms with Crippen molar-refractivity contribution in [1.82, 2.24) is 0 Å². The lowest BCUT2D eigenvalue weighted by Gasteiger charge is -2.34. The smallest absolute Gasteiger partial charge is 0.0726 e. The van der Waals surface area contributed by atoms with Crippen LogP contribution in [0.2, 0.25) is 0 Å². The van der Waals surface area contributed by atoms with E-state index in [-0.39, 0.29) is 0 Å². The van der Waals surface area contributed by atoms with Gasteiger partial charge in [-0.1, -0.05) is 249 Å². The number of hydrogen-bond donors (Lipinski definition) is 0. The quantitative estimate of drug-likeness (QED) is 0.144. The minimum atomic E-state index is -0.548. The molecular weight excluding hydrogens is 891 g/mol. The molecule has 15 rings (SSSR count). The fourth-order valence-corrected chi connectivity index (χ4v) is 12.8. The summed E-state index contributed by atoms with van der Waals surface area (Å²) in [5, 5.41) is 7.49. The summed E-state index contributed by atoms with van der Waals surface area (Å²) >= 11 is 0. The van der Waals surface area contributed by atoms with E-state index in [1.807, 2.05) is 0 Å². The van der Waals surface area contributed by atoms with Crippen LogP contribution in [0.4, 0.5) is 17.1 Å². The summed E-state index contributed by atoms with van der Waals surface area (Å²) in [7, 11) is 0. The Balaban J connectivity index is 1.09. The molecule has 0 atom stereocenters. The number of hydrogen-bond acceptors (Lipinski definition) is 1. The van der Waals surface area contributed by atoms with Crippen LogP contribution in [-0.4, -0.2) is 0 Å². The van der Waals surface area contributed by atoms with E-state index in [4.69, 9.17) is 0 Å². The van der Waals surface area contributed by atoms with E-state index < -0.39 is 5.41 Å². The number of nitrogens with zero attached hydrogens (tertiary/aromatic N) is 1. The molecule has 0 saturated heterocycles. The first-order valence-electron chi connectivity index (χ1n) is 25.7. The zero-order valence-electron chi connectivity index (χ0n) is 40.6. The molecule has 0 saturated carbocycles. The summed E-state index contributed by atoms with van der Waals surface area (Å²) < 4.78 is 0. The van der Waals surface area contributed by atoms with Gasteiger partial charge in [0.1, 0.15) is 0 Å². The second-order valence-corrected chi connectivity index (χ2v) is 19.9. The summed E-state index contributed by atoms with van der Waals surface area (Å²) in [4.78, 5) is 2.59. The maximum atomic E-state index is 2.59. The highest BCUT2D eigenvalue weighted by Crippen LogP contribution is 2.64. The molecule has 0 unspecified atom stereocenters. The summed E-state index contributed by atoms with van der Waals surface area (Å²) in [5.41, 5.74) is 22.5. The Kier molecular flexibility index (Phi) is 9.55. The average molecular weight is 938 g/mol. The Morgan fingerprint density at radius 2 is 0.595 bits per heavy atom. The molecule has 0 amide bonds. The third-order valence-corrected chi connectivity index (χ3v) is 16.1. The number of anilines is 3. The Morgan fingerprint density at radius 3 is 1.16 bits per heavy atom. The molecule has 13 aromatic carbocycles. The molecule has 0 heterocycles. The molecule has 13 aromatic rings. The minimum absolute atomic E-state index is 0.548. The van der Waals surface area contributed by atoms with E-state index in [1.165, 1.54) is 99.1 Å². The van der Waals surface area contributed by atoms with Gasteiger partial charge in [0, 0.05) is 16.8 Å². The van der Waals surface area contributed by atoms with Gasteiger partial charge in [0.2, 0.25) is 0 Å². The molecule has 2 aliphatic rings. The largest absolute Gasteiger partial charge is 0.309 e. The Bertz CT molecular complexity index is 4260. The number of rotatable bonds is 7. The molecule has 344 valence electrons. The van der Waals surface area contributed by atoms with Crippen molar-refractivity contribution in [2.45, 2.75) is 5.41 Å². The highest BCUT2D eigenvalue weighted by Gasteiger charge is 2.52. The second-order valence-electron chi connectivity index (χ2n) is 19.9. The average Bonchev–Trinajstić information content (AvgIpc) is 4.04. The maximum absolute atomic E-state index is 2.59. The van der Waals surface area contributed by atoms with Crippen molar-refractivity contribution in [3.05, 3.63) is 307 Å². The molecule has 1 nitrogen and oxygen atoms in total. The molecule has 0 aliphatic heterocycles. The van der Waals surface area contributed by atoms with E-state index in [0.29, 0.717) is 0 Å². The Morgan fingerprint density at radius 1 is 0.203 bits per heavy atom. The third-order valence-electron chi connectivity index (χ3n) is 16.1. The number of benzene rings is 13. The van der Waals surface area contributed by atoms with Crippen LogP contribution in [0.1, 0.15) is 22.3 Å². The molecule has 1 heteroatoms. The molecular formula is C73H47N. The topological polar surface area (TPSA) is 3.24 Å². The van der Waals surface area contributed by atoms with Gasteiger partial charge >= 0.3 is 0 Å². The van der Waals surface area contributed by atoms with Crippen LogP contribution in [0.5, 0.6) is 0 Å². The first kappa shape index (κ1) is 42.2. The van der Waals surface area contributed by atoms with Crippen molar-refractivity contribution < 1.29 is 0 Å². The lowest BCUT2D eigenvalue weighted by Crippen LogP contribution is -2.26. The predicted octanol–water partition coefficient (Wildman–Crippen LogP) is 19.6. The highest BCUT2D eigenvalue weighted by molar-refractivity contribution is 6.26. The van der Waals surface area contributed by atoms with E-state index in [9.17, 15) is 0 Å². The third kappa shape index (κ3) is 6.30. The van der Waals surface area contributed by atoms with Crippen molar-refractivity contribution in [3.63, 3.8) is 0 Å². The van der Waals surface area contributed by atoms with Crippen molar-refractivity contribution in [2.24, 2.45) is 0 Å². The summed E-state index contributed by atoms with van der Waals surface area (Å²) in [6.45, 7) is 0. The van der Waals surface area contributed by atoms with Crippen LogP contribution in [0.3, 0.4) is 0 Å². The van der Waals surface area contributed by atoms with Gasteiger partial charge in [0.15, 0.2) is 0 Å². The van der Waals surface area contributed by atoms with Crippen LogP contribution in [0, 0.1) is 0 Å². The van der Waals surface area contributed by atoms with Crippen molar-refractivity contribution in [2.75, 3.05) is 4.90 Å². The molecule has 0 radical (unpaired) electrons. The zero-order chi connectivity index (χ0) is 48.7. The van der Waals surface area contributed by atoms with Crippen LogP contribution >= 0.6 is 0 Å². The van der Waals surface area contributed by atoms with Crippen molar-refractivity contribution in [1.29, 1.82) is 0 Å². The van der Waals surface area contributed by atoms with Gasteiger partial charge in [-0.2, -0.15) is 0 Å². The highest BCUT2D eigenvalue weighted by atomic mass is 15.1. The SMILES string of the molecule is c1ccc(-c2ccc(-c3cc4c(cc3N(c3ccc5c6ccccc6c6ccccc6c5c3)c3ccc(-c5ccccc5)cc3-c3ccccc3)C3(c5ccccc5-c5ccccc53)c3ccccc3-4)cc2)cc1. The van der Waals surface area contributed by atoms with Gasteiger partial charge in [-0.3, -0.25) is 0 Å². The molecule has 0 N–H and O–H groups in total. The van der Waals surface area contributed by atoms with Crippen LogP contribution in [0.25, 0.3) is 99.1 Å². The summed E-state index contributed by atoms with van der Waals surface area (Å²) in [5.74, 6) is 0. The predicted molar refractivity (Wildman–Crippen MR) is 312 cm³/mol. The molecule has 1 spiro atoms. The molecule has 0 bridgehead atoms. The lowest BCUT2D eigenvalue weighted by molar-refractivity contribution is 0.794. The summed E-state index contributed by atoms with van der Waals surface area (Å²) in [6, 6.07) is 106. The summed E-state index contributed by atoms with van der Waals surface area (Å²) in [6.07, 6.45) is 0. The lowest BCUT2D eigenvalue weighted by atomic mass is 9.70. The van der Waals surface area contributed by atoms with Gasteiger partial charge in [0.05, 0.1) is 16.8 Å². The molecule has 0 aromatic heterocycles. The van der Waals surface area contributed by atoms with Gasteiger partial charge in [-0.25, -0.2) is 0 Å². The van der Waals surface area contributed by atoms with Crippen LogP contribution < -0.4 is 4.90 Å². The zero-order valence-corrected chi connectivity index (χ0v) is 40.6. The Labute approximate surface area is 431 Å². The maximum Gasteiger partial charge on any atom is 0.0726 e. The van der Waals surface area contributed by atoms with Gasteiger partial charge in [-0.05, 0) is 147 Å². The van der Waals surface area contributed by atoms with E-state index >= 15 is 0 Å². The monoisotopic (exact) mass is 937 g/mol. The van der Waals surface area contributed by atoms with Gasteiger partial charge in [0.25, 0.3) is 0 Å². The van der Waals surface area contributed by atoms with E-state index in [2.05, 4.69) is 290 Å². The van der Waals surface area contributed by atoms with Crippen molar-refractivity contribution in [3.8, 4) is 66.8 Å². The molecule has 2 aliphatic carbocycles. The van der Waals surface area contributed by atoms with E-state index in [0.717, 1.165) is 39.3 Å². The van der Waals surface area contributed by atoms with Crippen LogP contribution in [-0.2, 0) is 5.41 Å². The minimum Gasteiger partial charge on any atom is -0.309 e. The Hall–Kier alpha value is -9.56. The standard InChI is InChI=1S/C73H47N/c1-4-20-48(21-5-1)50-36-38-52(39-37-50)64-46-66-62-32-16-19-35-69(62)73(67-33-17-14-30-60(67)61-31-15-18-34-68(61)73)70(66)47-72(64)74(71-43-40-53(49-22-6-2-7-23-49)44-63(71)51-24-8-3-9-25-51)54-41-42-59-57-28-11-10-26-55(57)56-27-12-13-29-58(56)65(59)45-54/h1-47H. The van der Waals surface area contributed by atoms with Gasteiger partial charge in [-0.15, -0.1) is 0 Å². The van der Waals surface area contributed by atoms with Gasteiger partial charge < -0.3 is 4.90 Å². The van der Waals surface area contributed by atoms with Crippen LogP contribution in [0.15, 0.2) is 285 Å². The first-order valence-corrected chi connectivity index (χ1v) is 25.7. The normalized spacial score (nSPS) is 12.7. The fourth-order valence-electron chi connectivity index (χ4n) is 12.8. The molecule has 0 fully saturated rings. The number of fused-ring (bicyclic) bond motifs is 16. The first-order chi connectivity index (χ1) is 36.7. The van der Waals surface area contributed by atoms with E-state index in [1.54, 1.807) is 0 Å². The fraction of sp³-hybridized carbons (Fsp3) is 0.0137. The molecule has 74 heavy (non-hydrogen) atoms.